The lowest BCUT2D eigenvalue weighted by molar-refractivity contribution is 0.0669. The summed E-state index contributed by atoms with van der Waals surface area (Å²) in [5.41, 5.74) is 1.29. The summed E-state index contributed by atoms with van der Waals surface area (Å²) < 4.78 is 0. The van der Waals surface area contributed by atoms with Gasteiger partial charge in [-0.15, -0.1) is 0 Å². The Bertz CT molecular complexity index is 264. The third-order valence-corrected chi connectivity index (χ3v) is 2.36. The van der Waals surface area contributed by atoms with Crippen LogP contribution in [-0.4, -0.2) is 48.0 Å². The van der Waals surface area contributed by atoms with Gasteiger partial charge in [-0.25, -0.2) is 0 Å². The summed E-state index contributed by atoms with van der Waals surface area (Å²) in [6, 6.07) is 10.2. The Hall–Kier alpha value is -0.900. The van der Waals surface area contributed by atoms with E-state index in [-0.39, 0.29) is 6.61 Å². The molecule has 0 radical (unpaired) electrons. The lowest BCUT2D eigenvalue weighted by Crippen LogP contribution is -2.32. The summed E-state index contributed by atoms with van der Waals surface area (Å²) in [4.78, 5) is 2.02. The van der Waals surface area contributed by atoms with Crippen LogP contribution in [0.1, 0.15) is 5.56 Å². The van der Waals surface area contributed by atoms with Gasteiger partial charge in [0.15, 0.2) is 0 Å². The number of hydrogen-bond acceptors (Lipinski definition) is 3. The van der Waals surface area contributed by atoms with Gasteiger partial charge in [0, 0.05) is 13.1 Å². The third-order valence-electron chi connectivity index (χ3n) is 2.36. The van der Waals surface area contributed by atoms with Crippen molar-refractivity contribution in [2.24, 2.45) is 0 Å². The van der Waals surface area contributed by atoms with E-state index in [1.54, 1.807) is 0 Å². The zero-order valence-corrected chi connectivity index (χ0v) is 9.13. The lowest BCUT2D eigenvalue weighted by atomic mass is 10.1. The Morgan fingerprint density at radius 3 is 2.53 bits per heavy atom. The van der Waals surface area contributed by atoms with Crippen LogP contribution in [-0.2, 0) is 6.42 Å². The van der Waals surface area contributed by atoms with Crippen molar-refractivity contribution in [3.05, 3.63) is 35.9 Å². The molecule has 3 heteroatoms. The van der Waals surface area contributed by atoms with E-state index in [1.807, 2.05) is 30.1 Å². The zero-order chi connectivity index (χ0) is 11.1. The third kappa shape index (κ3) is 4.93. The second-order valence-corrected chi connectivity index (χ2v) is 3.83. The van der Waals surface area contributed by atoms with Gasteiger partial charge in [-0.2, -0.15) is 0 Å². The van der Waals surface area contributed by atoms with E-state index >= 15 is 0 Å². The molecule has 0 heterocycles. The molecule has 0 amide bonds. The number of nitrogens with zero attached hydrogens (tertiary/aromatic N) is 1. The molecule has 0 spiro atoms. The van der Waals surface area contributed by atoms with Gasteiger partial charge in [-0.1, -0.05) is 30.3 Å². The Balaban J connectivity index is 2.25. The predicted molar refractivity (Wildman–Crippen MR) is 60.7 cm³/mol. The van der Waals surface area contributed by atoms with Crippen molar-refractivity contribution in [2.75, 3.05) is 26.7 Å². The standard InChI is InChI=1S/C12H19NO2/c1-13(9-12(15)10-14)8-7-11-5-3-2-4-6-11/h2-6,12,14-15H,7-10H2,1H3. The molecule has 0 aromatic heterocycles. The van der Waals surface area contributed by atoms with Crippen LogP contribution in [0.3, 0.4) is 0 Å². The first-order valence-electron chi connectivity index (χ1n) is 5.23. The number of aliphatic hydroxyl groups is 2. The van der Waals surface area contributed by atoms with E-state index in [2.05, 4.69) is 12.1 Å². The minimum Gasteiger partial charge on any atom is -0.394 e. The van der Waals surface area contributed by atoms with E-state index in [4.69, 9.17) is 5.11 Å². The summed E-state index contributed by atoms with van der Waals surface area (Å²) in [5, 5.41) is 17.9. The van der Waals surface area contributed by atoms with Crippen LogP contribution in [0.15, 0.2) is 30.3 Å². The van der Waals surface area contributed by atoms with Gasteiger partial charge < -0.3 is 15.1 Å². The molecule has 0 saturated heterocycles. The maximum atomic E-state index is 9.23. The van der Waals surface area contributed by atoms with Crippen molar-refractivity contribution >= 4 is 0 Å². The van der Waals surface area contributed by atoms with Crippen molar-refractivity contribution < 1.29 is 10.2 Å². The van der Waals surface area contributed by atoms with Gasteiger partial charge in [-0.3, -0.25) is 0 Å². The minimum absolute atomic E-state index is 0.171. The molecule has 1 atom stereocenters. The molecule has 0 bridgehead atoms. The number of likely N-dealkylation sites (N-methyl/N-ethyl adjacent to an activating group) is 1. The fourth-order valence-corrected chi connectivity index (χ4v) is 1.47. The molecule has 15 heavy (non-hydrogen) atoms. The van der Waals surface area contributed by atoms with Gasteiger partial charge in [-0.05, 0) is 19.0 Å². The molecule has 0 saturated carbocycles. The molecular formula is C12H19NO2. The highest BCUT2D eigenvalue weighted by molar-refractivity contribution is 5.14. The van der Waals surface area contributed by atoms with Gasteiger partial charge in [0.2, 0.25) is 0 Å². The topological polar surface area (TPSA) is 43.7 Å². The molecule has 84 valence electrons. The summed E-state index contributed by atoms with van der Waals surface area (Å²) in [5.74, 6) is 0. The SMILES string of the molecule is CN(CCc1ccccc1)CC(O)CO. The van der Waals surface area contributed by atoms with Crippen LogP contribution in [0, 0.1) is 0 Å². The van der Waals surface area contributed by atoms with Crippen LogP contribution >= 0.6 is 0 Å². The predicted octanol–water partition coefficient (Wildman–Crippen LogP) is 0.514. The first-order valence-corrected chi connectivity index (χ1v) is 5.23. The fraction of sp³-hybridized carbons (Fsp3) is 0.500. The zero-order valence-electron chi connectivity index (χ0n) is 9.13. The maximum Gasteiger partial charge on any atom is 0.0897 e. The van der Waals surface area contributed by atoms with Gasteiger partial charge in [0.05, 0.1) is 12.7 Å². The smallest absolute Gasteiger partial charge is 0.0897 e. The van der Waals surface area contributed by atoms with Crippen molar-refractivity contribution in [3.8, 4) is 0 Å². The van der Waals surface area contributed by atoms with Crippen molar-refractivity contribution in [1.29, 1.82) is 0 Å². The lowest BCUT2D eigenvalue weighted by Gasteiger charge is -2.19. The summed E-state index contributed by atoms with van der Waals surface area (Å²) in [7, 11) is 1.95. The number of benzene rings is 1. The maximum absolute atomic E-state index is 9.23. The Morgan fingerprint density at radius 1 is 1.27 bits per heavy atom. The van der Waals surface area contributed by atoms with Gasteiger partial charge >= 0.3 is 0 Å². The highest BCUT2D eigenvalue weighted by Crippen LogP contribution is 2.00. The first-order chi connectivity index (χ1) is 7.22. The van der Waals surface area contributed by atoms with E-state index in [0.717, 1.165) is 13.0 Å². The van der Waals surface area contributed by atoms with Crippen molar-refractivity contribution in [3.63, 3.8) is 0 Å². The molecule has 0 aliphatic heterocycles. The molecule has 1 rings (SSSR count). The second-order valence-electron chi connectivity index (χ2n) is 3.83. The second kappa shape index (κ2) is 6.56. The Morgan fingerprint density at radius 2 is 1.93 bits per heavy atom. The van der Waals surface area contributed by atoms with E-state index < -0.39 is 6.10 Å². The largest absolute Gasteiger partial charge is 0.394 e. The molecule has 0 aliphatic rings. The van der Waals surface area contributed by atoms with Gasteiger partial charge in [0.1, 0.15) is 0 Å². The van der Waals surface area contributed by atoms with Crippen LogP contribution in [0.5, 0.6) is 0 Å². The monoisotopic (exact) mass is 209 g/mol. The van der Waals surface area contributed by atoms with Crippen LogP contribution < -0.4 is 0 Å². The summed E-state index contributed by atoms with van der Waals surface area (Å²) >= 11 is 0. The molecule has 1 unspecified atom stereocenters. The number of hydrogen-bond donors (Lipinski definition) is 2. The molecule has 1 aromatic rings. The normalized spacial score (nSPS) is 13.1. The summed E-state index contributed by atoms with van der Waals surface area (Å²) in [6.45, 7) is 1.24. The van der Waals surface area contributed by atoms with E-state index in [0.29, 0.717) is 6.54 Å². The summed E-state index contributed by atoms with van der Waals surface area (Å²) in [6.07, 6.45) is 0.334. The van der Waals surface area contributed by atoms with Crippen LogP contribution in [0.2, 0.25) is 0 Å². The average Bonchev–Trinajstić information content (AvgIpc) is 2.27. The average molecular weight is 209 g/mol. The van der Waals surface area contributed by atoms with Crippen LogP contribution in [0.4, 0.5) is 0 Å². The van der Waals surface area contributed by atoms with E-state index in [9.17, 15) is 5.11 Å². The molecule has 2 N–H and O–H groups in total. The Labute approximate surface area is 91.0 Å². The quantitative estimate of drug-likeness (QED) is 0.717. The molecule has 1 aromatic carbocycles. The Kier molecular flexibility index (Phi) is 5.32. The van der Waals surface area contributed by atoms with Crippen molar-refractivity contribution in [2.45, 2.75) is 12.5 Å². The van der Waals surface area contributed by atoms with E-state index in [1.165, 1.54) is 5.56 Å². The molecule has 0 fully saturated rings. The fourth-order valence-electron chi connectivity index (χ4n) is 1.47. The number of aliphatic hydroxyl groups excluding tert-OH is 2. The van der Waals surface area contributed by atoms with Crippen LogP contribution in [0.25, 0.3) is 0 Å². The van der Waals surface area contributed by atoms with Crippen molar-refractivity contribution in [1.82, 2.24) is 4.90 Å². The highest BCUT2D eigenvalue weighted by atomic mass is 16.3. The number of rotatable bonds is 6. The minimum atomic E-state index is -0.634. The molecule has 3 nitrogen and oxygen atoms in total. The highest BCUT2D eigenvalue weighted by Gasteiger charge is 2.06. The molecule has 0 aliphatic carbocycles. The first kappa shape index (κ1) is 12.2. The molecular weight excluding hydrogens is 190 g/mol. The van der Waals surface area contributed by atoms with Gasteiger partial charge in [0.25, 0.3) is 0 Å².